The second-order valence-corrected chi connectivity index (χ2v) is 9.72. The Labute approximate surface area is 183 Å². The van der Waals surface area contributed by atoms with Crippen molar-refractivity contribution >= 4 is 21.6 Å². The molecule has 0 bridgehead atoms. The maximum Gasteiger partial charge on any atom is 0.246 e. The van der Waals surface area contributed by atoms with Gasteiger partial charge in [0.1, 0.15) is 6.04 Å². The van der Waals surface area contributed by atoms with Crippen molar-refractivity contribution in [2.45, 2.75) is 19.5 Å². The van der Waals surface area contributed by atoms with Crippen LogP contribution in [0.1, 0.15) is 12.5 Å². The van der Waals surface area contributed by atoms with Crippen molar-refractivity contribution in [3.8, 4) is 11.5 Å². The molecule has 2 aromatic carbocycles. The standard InChI is InChI=1S/C22H27N3O5S/c1-17(25(31(2,27)28)19-6-4-3-5-7-19)22(26)24-12-10-23(11-13-24)15-18-8-9-20-21(14-18)30-16-29-20/h3-9,14,17H,10-13,15-16H2,1-2H3/t17-/m0/s1. The fraction of sp³-hybridized carbons (Fsp3) is 0.409. The number of hydrogen-bond acceptors (Lipinski definition) is 6. The van der Waals surface area contributed by atoms with Gasteiger partial charge in [-0.3, -0.25) is 14.0 Å². The monoisotopic (exact) mass is 445 g/mol. The van der Waals surface area contributed by atoms with Gasteiger partial charge in [-0.15, -0.1) is 0 Å². The van der Waals surface area contributed by atoms with E-state index in [-0.39, 0.29) is 12.7 Å². The lowest BCUT2D eigenvalue weighted by molar-refractivity contribution is -0.133. The summed E-state index contributed by atoms with van der Waals surface area (Å²) in [6.07, 6.45) is 1.13. The predicted molar refractivity (Wildman–Crippen MR) is 118 cm³/mol. The zero-order valence-corrected chi connectivity index (χ0v) is 18.5. The van der Waals surface area contributed by atoms with Gasteiger partial charge in [0.15, 0.2) is 11.5 Å². The summed E-state index contributed by atoms with van der Waals surface area (Å²) in [5.74, 6) is 1.35. The Morgan fingerprint density at radius 2 is 1.71 bits per heavy atom. The number of ether oxygens (including phenoxy) is 2. The van der Waals surface area contributed by atoms with Gasteiger partial charge in [0, 0.05) is 32.7 Å². The molecule has 0 aliphatic carbocycles. The molecule has 31 heavy (non-hydrogen) atoms. The normalized spacial score (nSPS) is 17.4. The second kappa shape index (κ2) is 8.76. The quantitative estimate of drug-likeness (QED) is 0.676. The Balaban J connectivity index is 1.38. The minimum atomic E-state index is -3.60. The highest BCUT2D eigenvalue weighted by Crippen LogP contribution is 2.33. The molecule has 0 saturated carbocycles. The summed E-state index contributed by atoms with van der Waals surface area (Å²) in [5, 5.41) is 0. The lowest BCUT2D eigenvalue weighted by Gasteiger charge is -2.38. The highest BCUT2D eigenvalue weighted by Gasteiger charge is 2.33. The highest BCUT2D eigenvalue weighted by molar-refractivity contribution is 7.92. The van der Waals surface area contributed by atoms with Crippen molar-refractivity contribution in [2.24, 2.45) is 0 Å². The summed E-state index contributed by atoms with van der Waals surface area (Å²) >= 11 is 0. The van der Waals surface area contributed by atoms with E-state index in [9.17, 15) is 13.2 Å². The number of benzene rings is 2. The number of anilines is 1. The largest absolute Gasteiger partial charge is 0.454 e. The molecule has 1 amide bonds. The van der Waals surface area contributed by atoms with Gasteiger partial charge >= 0.3 is 0 Å². The fourth-order valence-electron chi connectivity index (χ4n) is 4.07. The molecule has 9 heteroatoms. The molecule has 166 valence electrons. The van der Waals surface area contributed by atoms with Crippen molar-refractivity contribution in [1.82, 2.24) is 9.80 Å². The minimum absolute atomic E-state index is 0.183. The summed E-state index contributed by atoms with van der Waals surface area (Å²) < 4.78 is 36.8. The molecule has 2 aliphatic rings. The van der Waals surface area contributed by atoms with Crippen molar-refractivity contribution in [1.29, 1.82) is 0 Å². The van der Waals surface area contributed by atoms with Gasteiger partial charge < -0.3 is 14.4 Å². The molecule has 2 heterocycles. The molecule has 4 rings (SSSR count). The van der Waals surface area contributed by atoms with Crippen molar-refractivity contribution in [3.05, 3.63) is 54.1 Å². The number of carbonyl (C=O) groups excluding carboxylic acids is 1. The van der Waals surface area contributed by atoms with Gasteiger partial charge in [-0.25, -0.2) is 8.42 Å². The fourth-order valence-corrected chi connectivity index (χ4v) is 5.23. The molecule has 0 spiro atoms. The molecular formula is C22H27N3O5S. The van der Waals surface area contributed by atoms with Gasteiger partial charge in [0.2, 0.25) is 22.7 Å². The van der Waals surface area contributed by atoms with Crippen LogP contribution in [0.25, 0.3) is 0 Å². The topological polar surface area (TPSA) is 79.4 Å². The molecule has 0 radical (unpaired) electrons. The van der Waals surface area contributed by atoms with Crippen LogP contribution in [0.2, 0.25) is 0 Å². The van der Waals surface area contributed by atoms with E-state index in [0.717, 1.165) is 43.0 Å². The smallest absolute Gasteiger partial charge is 0.246 e. The number of piperazine rings is 1. The number of rotatable bonds is 6. The van der Waals surface area contributed by atoms with Crippen LogP contribution in [0.3, 0.4) is 0 Å². The molecule has 2 aliphatic heterocycles. The zero-order valence-electron chi connectivity index (χ0n) is 17.7. The number of sulfonamides is 1. The third kappa shape index (κ3) is 4.77. The molecule has 0 aromatic heterocycles. The van der Waals surface area contributed by atoms with Crippen LogP contribution in [0.5, 0.6) is 11.5 Å². The average molecular weight is 446 g/mol. The highest BCUT2D eigenvalue weighted by atomic mass is 32.2. The average Bonchev–Trinajstić information content (AvgIpc) is 3.21. The maximum atomic E-state index is 13.1. The Morgan fingerprint density at radius 1 is 1.03 bits per heavy atom. The van der Waals surface area contributed by atoms with Crippen molar-refractivity contribution < 1.29 is 22.7 Å². The summed E-state index contributed by atoms with van der Waals surface area (Å²) in [5.41, 5.74) is 1.62. The van der Waals surface area contributed by atoms with E-state index in [4.69, 9.17) is 9.47 Å². The van der Waals surface area contributed by atoms with Crippen LogP contribution in [0, 0.1) is 0 Å². The SMILES string of the molecule is C[C@@H](C(=O)N1CCN(Cc2ccc3c(c2)OCO3)CC1)N(c1ccccc1)S(C)(=O)=O. The first-order valence-electron chi connectivity index (χ1n) is 10.3. The molecule has 0 unspecified atom stereocenters. The molecule has 1 atom stereocenters. The van der Waals surface area contributed by atoms with Crippen molar-refractivity contribution in [3.63, 3.8) is 0 Å². The maximum absolute atomic E-state index is 13.1. The van der Waals surface area contributed by atoms with Crippen LogP contribution in [0.4, 0.5) is 5.69 Å². The number of hydrogen-bond donors (Lipinski definition) is 0. The number of fused-ring (bicyclic) bond motifs is 1. The van der Waals surface area contributed by atoms with Crippen LogP contribution in [-0.2, 0) is 21.4 Å². The van der Waals surface area contributed by atoms with Crippen LogP contribution in [0.15, 0.2) is 48.5 Å². The van der Waals surface area contributed by atoms with E-state index < -0.39 is 16.1 Å². The predicted octanol–water partition coefficient (Wildman–Crippen LogP) is 1.91. The van der Waals surface area contributed by atoms with Crippen LogP contribution in [-0.4, -0.2) is 69.4 Å². The number of amides is 1. The Morgan fingerprint density at radius 3 is 2.39 bits per heavy atom. The number of carbonyl (C=O) groups is 1. The van der Waals surface area contributed by atoms with E-state index in [1.165, 1.54) is 4.31 Å². The lowest BCUT2D eigenvalue weighted by Crippen LogP contribution is -2.55. The minimum Gasteiger partial charge on any atom is -0.454 e. The van der Waals surface area contributed by atoms with Gasteiger partial charge in [0.05, 0.1) is 11.9 Å². The van der Waals surface area contributed by atoms with E-state index >= 15 is 0 Å². The molecule has 1 saturated heterocycles. The first-order valence-corrected chi connectivity index (χ1v) is 12.1. The molecule has 0 N–H and O–H groups in total. The number of nitrogens with zero attached hydrogens (tertiary/aromatic N) is 3. The van der Waals surface area contributed by atoms with E-state index in [0.29, 0.717) is 18.8 Å². The summed E-state index contributed by atoms with van der Waals surface area (Å²) in [6.45, 7) is 5.21. The second-order valence-electron chi connectivity index (χ2n) is 7.86. The lowest BCUT2D eigenvalue weighted by atomic mass is 10.1. The molecule has 1 fully saturated rings. The van der Waals surface area contributed by atoms with E-state index in [1.807, 2.05) is 24.3 Å². The third-order valence-corrected chi connectivity index (χ3v) is 6.85. The Hall–Kier alpha value is -2.78. The van der Waals surface area contributed by atoms with Gasteiger partial charge in [-0.2, -0.15) is 0 Å². The third-order valence-electron chi connectivity index (χ3n) is 5.60. The van der Waals surface area contributed by atoms with Gasteiger partial charge in [-0.1, -0.05) is 24.3 Å². The Kier molecular flexibility index (Phi) is 6.06. The van der Waals surface area contributed by atoms with Gasteiger partial charge in [-0.05, 0) is 36.8 Å². The summed E-state index contributed by atoms with van der Waals surface area (Å²) in [7, 11) is -3.60. The summed E-state index contributed by atoms with van der Waals surface area (Å²) in [4.78, 5) is 17.2. The van der Waals surface area contributed by atoms with Crippen molar-refractivity contribution in [2.75, 3.05) is 43.5 Å². The van der Waals surface area contributed by atoms with Crippen LogP contribution >= 0.6 is 0 Å². The first-order chi connectivity index (χ1) is 14.8. The van der Waals surface area contributed by atoms with E-state index in [2.05, 4.69) is 4.90 Å². The molecule has 8 nitrogen and oxygen atoms in total. The van der Waals surface area contributed by atoms with Gasteiger partial charge in [0.25, 0.3) is 0 Å². The molecular weight excluding hydrogens is 418 g/mol. The number of para-hydroxylation sites is 1. The Bertz CT molecular complexity index is 1040. The summed E-state index contributed by atoms with van der Waals surface area (Å²) in [6, 6.07) is 13.9. The zero-order chi connectivity index (χ0) is 22.0. The first kappa shape index (κ1) is 21.5. The van der Waals surface area contributed by atoms with Crippen LogP contribution < -0.4 is 13.8 Å². The molecule has 2 aromatic rings. The van der Waals surface area contributed by atoms with E-state index in [1.54, 1.807) is 36.1 Å².